The Morgan fingerprint density at radius 2 is 1.83 bits per heavy atom. The smallest absolute Gasteiger partial charge is 0.240 e. The molecule has 2 rings (SSSR count). The minimum atomic E-state index is -3.58. The molecule has 0 saturated heterocycles. The fraction of sp³-hybridized carbons (Fsp3) is 0.350. The van der Waals surface area contributed by atoms with E-state index in [1.807, 2.05) is 26.0 Å². The predicted octanol–water partition coefficient (Wildman–Crippen LogP) is 4.43. The van der Waals surface area contributed by atoms with Crippen molar-refractivity contribution in [3.05, 3.63) is 63.1 Å². The van der Waals surface area contributed by atoms with Crippen molar-refractivity contribution in [2.45, 2.75) is 19.6 Å². The summed E-state index contributed by atoms with van der Waals surface area (Å²) >= 11 is 13.6. The fourth-order valence-corrected chi connectivity index (χ4v) is 4.82. The summed E-state index contributed by atoms with van der Waals surface area (Å²) in [5.74, 6) is 1.02. The summed E-state index contributed by atoms with van der Waals surface area (Å²) in [4.78, 5) is 12.3. The van der Waals surface area contributed by atoms with Gasteiger partial charge in [-0.25, -0.2) is 8.42 Å². The van der Waals surface area contributed by atoms with Crippen molar-refractivity contribution in [2.75, 3.05) is 29.4 Å². The summed E-state index contributed by atoms with van der Waals surface area (Å²) in [6, 6.07) is 10.7. The van der Waals surface area contributed by atoms with Crippen LogP contribution in [0.3, 0.4) is 0 Å². The van der Waals surface area contributed by atoms with Gasteiger partial charge in [-0.3, -0.25) is 9.10 Å². The molecule has 0 bridgehead atoms. The van der Waals surface area contributed by atoms with Crippen LogP contribution in [0.15, 0.2) is 36.4 Å². The zero-order valence-corrected chi connectivity index (χ0v) is 19.7. The second-order valence-electron chi connectivity index (χ2n) is 6.68. The Labute approximate surface area is 186 Å². The minimum absolute atomic E-state index is 0.255. The van der Waals surface area contributed by atoms with Crippen LogP contribution in [0.25, 0.3) is 0 Å². The maximum atomic E-state index is 12.3. The third-order valence-corrected chi connectivity index (χ3v) is 7.04. The molecule has 0 aliphatic heterocycles. The molecule has 9 heteroatoms. The van der Waals surface area contributed by atoms with Gasteiger partial charge in [-0.15, -0.1) is 0 Å². The zero-order valence-electron chi connectivity index (χ0n) is 16.5. The molecule has 1 N–H and O–H groups in total. The van der Waals surface area contributed by atoms with E-state index in [4.69, 9.17) is 23.2 Å². The summed E-state index contributed by atoms with van der Waals surface area (Å²) in [5.41, 5.74) is 3.49. The Hall–Kier alpha value is -1.41. The fourth-order valence-electron chi connectivity index (χ4n) is 2.55. The van der Waals surface area contributed by atoms with Gasteiger partial charge in [0.25, 0.3) is 0 Å². The topological polar surface area (TPSA) is 66.5 Å². The number of carbonyl (C=O) groups is 1. The first kappa shape index (κ1) is 23.9. The van der Waals surface area contributed by atoms with Crippen molar-refractivity contribution >= 4 is 56.6 Å². The largest absolute Gasteiger partial charge is 0.354 e. The highest BCUT2D eigenvalue weighted by Gasteiger charge is 2.21. The normalized spacial score (nSPS) is 11.3. The lowest BCUT2D eigenvalue weighted by Crippen LogP contribution is -2.41. The zero-order chi connectivity index (χ0) is 21.6. The van der Waals surface area contributed by atoms with Crippen LogP contribution in [0.1, 0.15) is 16.7 Å². The number of nitrogens with one attached hydrogen (secondary N) is 1. The van der Waals surface area contributed by atoms with Gasteiger partial charge in [0.05, 0.1) is 11.9 Å². The number of rotatable bonds is 9. The highest BCUT2D eigenvalue weighted by molar-refractivity contribution is 7.98. The molecule has 158 valence electrons. The molecular weight excluding hydrogens is 451 g/mol. The second-order valence-corrected chi connectivity index (χ2v) is 10.5. The third kappa shape index (κ3) is 7.41. The van der Waals surface area contributed by atoms with E-state index in [1.54, 1.807) is 36.0 Å². The van der Waals surface area contributed by atoms with E-state index in [0.29, 0.717) is 33.8 Å². The predicted molar refractivity (Wildman–Crippen MR) is 124 cm³/mol. The Bertz CT molecular complexity index is 982. The first-order valence-corrected chi connectivity index (χ1v) is 12.7. The molecule has 0 aliphatic carbocycles. The van der Waals surface area contributed by atoms with Gasteiger partial charge in [0.2, 0.25) is 15.9 Å². The van der Waals surface area contributed by atoms with Crippen LogP contribution in [-0.2, 0) is 20.6 Å². The number of carbonyl (C=O) groups excluding carboxylic acids is 1. The Morgan fingerprint density at radius 3 is 2.45 bits per heavy atom. The van der Waals surface area contributed by atoms with Crippen LogP contribution in [0.5, 0.6) is 0 Å². The van der Waals surface area contributed by atoms with Crippen LogP contribution < -0.4 is 9.62 Å². The average molecular weight is 475 g/mol. The summed E-state index contributed by atoms with van der Waals surface area (Å²) in [5, 5.41) is 3.98. The molecule has 0 spiro atoms. The molecule has 0 fully saturated rings. The van der Waals surface area contributed by atoms with Gasteiger partial charge in [0.15, 0.2) is 0 Å². The lowest BCUT2D eigenvalue weighted by Gasteiger charge is -2.22. The molecule has 5 nitrogen and oxygen atoms in total. The molecule has 0 radical (unpaired) electrons. The Balaban J connectivity index is 1.86. The van der Waals surface area contributed by atoms with E-state index in [-0.39, 0.29) is 12.5 Å². The highest BCUT2D eigenvalue weighted by Crippen LogP contribution is 2.24. The SMILES string of the molecule is Cc1ccc(N(CC(=O)NCCSCc2ccc(Cl)cc2Cl)S(C)(=O)=O)cc1C. The molecule has 2 aromatic rings. The van der Waals surface area contributed by atoms with Crippen LogP contribution in [0.2, 0.25) is 10.0 Å². The highest BCUT2D eigenvalue weighted by atomic mass is 35.5. The van der Waals surface area contributed by atoms with Crippen molar-refractivity contribution in [1.29, 1.82) is 0 Å². The summed E-state index contributed by atoms with van der Waals surface area (Å²) in [6.07, 6.45) is 1.10. The number of nitrogens with zero attached hydrogens (tertiary/aromatic N) is 1. The molecule has 0 saturated carbocycles. The first-order valence-electron chi connectivity index (χ1n) is 8.91. The number of thioether (sulfide) groups is 1. The van der Waals surface area contributed by atoms with Crippen LogP contribution in [0.4, 0.5) is 5.69 Å². The van der Waals surface area contributed by atoms with Gasteiger partial charge in [-0.05, 0) is 54.8 Å². The number of halogens is 2. The van der Waals surface area contributed by atoms with Gasteiger partial charge >= 0.3 is 0 Å². The van der Waals surface area contributed by atoms with E-state index in [2.05, 4.69) is 5.32 Å². The van der Waals surface area contributed by atoms with Crippen LogP contribution in [-0.4, -0.2) is 39.4 Å². The molecular formula is C20H24Cl2N2O3S2. The van der Waals surface area contributed by atoms with E-state index in [0.717, 1.165) is 27.3 Å². The van der Waals surface area contributed by atoms with Gasteiger partial charge < -0.3 is 5.32 Å². The maximum Gasteiger partial charge on any atom is 0.240 e. The maximum absolute atomic E-state index is 12.3. The standard InChI is InChI=1S/C20H24Cl2N2O3S2/c1-14-4-7-18(10-15(14)2)24(29(3,26)27)12-20(25)23-8-9-28-13-16-5-6-17(21)11-19(16)22/h4-7,10-11H,8-9,12-13H2,1-3H3,(H,23,25). The van der Waals surface area contributed by atoms with Gasteiger partial charge in [-0.2, -0.15) is 11.8 Å². The van der Waals surface area contributed by atoms with Crippen LogP contribution in [0, 0.1) is 13.8 Å². The molecule has 29 heavy (non-hydrogen) atoms. The number of hydrogen-bond donors (Lipinski definition) is 1. The summed E-state index contributed by atoms with van der Waals surface area (Å²) < 4.78 is 25.5. The van der Waals surface area contributed by atoms with Gasteiger partial charge in [-0.1, -0.05) is 35.3 Å². The minimum Gasteiger partial charge on any atom is -0.354 e. The molecule has 1 amide bonds. The monoisotopic (exact) mass is 474 g/mol. The summed E-state index contributed by atoms with van der Waals surface area (Å²) in [6.45, 7) is 4.03. The number of amides is 1. The molecule has 0 aromatic heterocycles. The Morgan fingerprint density at radius 1 is 1.10 bits per heavy atom. The van der Waals surface area contributed by atoms with Crippen molar-refractivity contribution in [1.82, 2.24) is 5.32 Å². The number of hydrogen-bond acceptors (Lipinski definition) is 4. The molecule has 0 atom stereocenters. The number of benzene rings is 2. The summed E-state index contributed by atoms with van der Waals surface area (Å²) in [7, 11) is -3.58. The van der Waals surface area contributed by atoms with E-state index < -0.39 is 10.0 Å². The van der Waals surface area contributed by atoms with E-state index in [1.165, 1.54) is 0 Å². The quantitative estimate of drug-likeness (QED) is 0.545. The molecule has 0 unspecified atom stereocenters. The van der Waals surface area contributed by atoms with Crippen LogP contribution >= 0.6 is 35.0 Å². The Kier molecular flexibility index (Phi) is 8.70. The van der Waals surface area contributed by atoms with Crippen molar-refractivity contribution in [2.24, 2.45) is 0 Å². The number of sulfonamides is 1. The van der Waals surface area contributed by atoms with Crippen molar-refractivity contribution in [3.63, 3.8) is 0 Å². The molecule has 2 aromatic carbocycles. The second kappa shape index (κ2) is 10.6. The average Bonchev–Trinajstić information content (AvgIpc) is 2.62. The third-order valence-electron chi connectivity index (χ3n) is 4.31. The van der Waals surface area contributed by atoms with Crippen molar-refractivity contribution < 1.29 is 13.2 Å². The number of aryl methyl sites for hydroxylation is 2. The van der Waals surface area contributed by atoms with Gasteiger partial charge in [0.1, 0.15) is 6.54 Å². The lowest BCUT2D eigenvalue weighted by atomic mass is 10.1. The molecule has 0 aliphatic rings. The number of anilines is 1. The lowest BCUT2D eigenvalue weighted by molar-refractivity contribution is -0.119. The molecule has 0 heterocycles. The van der Waals surface area contributed by atoms with Gasteiger partial charge in [0, 0.05) is 28.1 Å². The first-order chi connectivity index (χ1) is 13.6. The van der Waals surface area contributed by atoms with E-state index >= 15 is 0 Å². The van der Waals surface area contributed by atoms with E-state index in [9.17, 15) is 13.2 Å². The van der Waals surface area contributed by atoms with Crippen molar-refractivity contribution in [3.8, 4) is 0 Å².